The van der Waals surface area contributed by atoms with Gasteiger partial charge >= 0.3 is 0 Å². The fourth-order valence-corrected chi connectivity index (χ4v) is 1.94. The Morgan fingerprint density at radius 1 is 1.25 bits per heavy atom. The van der Waals surface area contributed by atoms with Crippen molar-refractivity contribution < 1.29 is 9.52 Å². The Balaban J connectivity index is 2.02. The molecule has 2 aromatic rings. The average Bonchev–Trinajstić information content (AvgIpc) is 2.56. The van der Waals surface area contributed by atoms with Crippen molar-refractivity contribution in [3.05, 3.63) is 45.2 Å². The highest BCUT2D eigenvalue weighted by atomic mass is 79.9. The molecule has 0 spiro atoms. The van der Waals surface area contributed by atoms with Gasteiger partial charge in [-0.2, -0.15) is 0 Å². The lowest BCUT2D eigenvalue weighted by molar-refractivity contribution is 0.475. The smallest absolute Gasteiger partial charge is 0.183 e. The molecule has 0 saturated carbocycles. The molecule has 0 aliphatic heterocycles. The molecule has 2 rings (SSSR count). The highest BCUT2D eigenvalue weighted by Crippen LogP contribution is 2.27. The molecule has 0 aliphatic rings. The van der Waals surface area contributed by atoms with E-state index in [9.17, 15) is 5.11 Å². The van der Waals surface area contributed by atoms with Crippen LogP contribution in [0.5, 0.6) is 5.75 Å². The maximum atomic E-state index is 9.28. The van der Waals surface area contributed by atoms with Gasteiger partial charge in [-0.1, -0.05) is 6.07 Å². The molecule has 3 nitrogen and oxygen atoms in total. The molecule has 0 bridgehead atoms. The molecule has 16 heavy (non-hydrogen) atoms. The van der Waals surface area contributed by atoms with Gasteiger partial charge in [-0.3, -0.25) is 0 Å². The minimum Gasteiger partial charge on any atom is -0.508 e. The van der Waals surface area contributed by atoms with E-state index >= 15 is 0 Å². The number of hydrogen-bond donors (Lipinski definition) is 2. The van der Waals surface area contributed by atoms with Crippen LogP contribution in [0.3, 0.4) is 0 Å². The molecule has 0 fully saturated rings. The van der Waals surface area contributed by atoms with Crippen LogP contribution >= 0.6 is 31.9 Å². The summed E-state index contributed by atoms with van der Waals surface area (Å²) in [5.74, 6) is 1.05. The summed E-state index contributed by atoms with van der Waals surface area (Å²) in [7, 11) is 0. The number of furan rings is 1. The molecule has 1 aromatic heterocycles. The van der Waals surface area contributed by atoms with Crippen molar-refractivity contribution >= 4 is 37.5 Å². The summed E-state index contributed by atoms with van der Waals surface area (Å²) in [6.45, 7) is 0.563. The third kappa shape index (κ3) is 2.80. The van der Waals surface area contributed by atoms with Gasteiger partial charge in [-0.25, -0.2) is 0 Å². The summed E-state index contributed by atoms with van der Waals surface area (Å²) in [6, 6.07) is 8.84. The highest BCUT2D eigenvalue weighted by molar-refractivity contribution is 9.13. The normalized spacial score (nSPS) is 10.4. The molecule has 1 aromatic carbocycles. The highest BCUT2D eigenvalue weighted by Gasteiger charge is 2.05. The Hall–Kier alpha value is -0.940. The van der Waals surface area contributed by atoms with Crippen molar-refractivity contribution in [3.63, 3.8) is 0 Å². The quantitative estimate of drug-likeness (QED) is 0.878. The van der Waals surface area contributed by atoms with E-state index < -0.39 is 0 Å². The SMILES string of the molecule is Oc1cccc(NCc2cc(Br)c(Br)o2)c1. The molecular weight excluding hydrogens is 338 g/mol. The monoisotopic (exact) mass is 345 g/mol. The second-order valence-corrected chi connectivity index (χ2v) is 4.81. The van der Waals surface area contributed by atoms with Crippen molar-refractivity contribution in [1.29, 1.82) is 0 Å². The van der Waals surface area contributed by atoms with Crippen molar-refractivity contribution in [2.75, 3.05) is 5.32 Å². The fraction of sp³-hybridized carbons (Fsp3) is 0.0909. The van der Waals surface area contributed by atoms with Crippen LogP contribution in [0, 0.1) is 0 Å². The van der Waals surface area contributed by atoms with Crippen molar-refractivity contribution in [3.8, 4) is 5.75 Å². The van der Waals surface area contributed by atoms with E-state index in [1.807, 2.05) is 12.1 Å². The first-order valence-corrected chi connectivity index (χ1v) is 6.20. The minimum absolute atomic E-state index is 0.242. The largest absolute Gasteiger partial charge is 0.508 e. The Bertz CT molecular complexity index is 477. The van der Waals surface area contributed by atoms with Gasteiger partial charge < -0.3 is 14.8 Å². The second kappa shape index (κ2) is 4.93. The number of anilines is 1. The Kier molecular flexibility index (Phi) is 3.56. The van der Waals surface area contributed by atoms with E-state index in [4.69, 9.17) is 4.42 Å². The predicted octanol–water partition coefficient (Wildman–Crippen LogP) is 4.12. The number of aromatic hydroxyl groups is 1. The molecule has 0 radical (unpaired) electrons. The summed E-state index contributed by atoms with van der Waals surface area (Å²) < 4.78 is 6.98. The number of benzene rings is 1. The van der Waals surface area contributed by atoms with Gasteiger partial charge in [0.2, 0.25) is 0 Å². The first-order valence-electron chi connectivity index (χ1n) is 4.62. The maximum Gasteiger partial charge on any atom is 0.183 e. The van der Waals surface area contributed by atoms with Gasteiger partial charge in [0.05, 0.1) is 11.0 Å². The van der Waals surface area contributed by atoms with Crippen molar-refractivity contribution in [2.45, 2.75) is 6.54 Å². The summed E-state index contributed by atoms with van der Waals surface area (Å²) in [5.41, 5.74) is 0.851. The predicted molar refractivity (Wildman–Crippen MR) is 69.5 cm³/mol. The number of phenols is 1. The van der Waals surface area contributed by atoms with Gasteiger partial charge in [0.1, 0.15) is 11.5 Å². The number of rotatable bonds is 3. The van der Waals surface area contributed by atoms with Crippen LogP contribution in [0.1, 0.15) is 5.76 Å². The van der Waals surface area contributed by atoms with Crippen LogP contribution in [-0.4, -0.2) is 5.11 Å². The van der Waals surface area contributed by atoms with Crippen molar-refractivity contribution in [1.82, 2.24) is 0 Å². The molecule has 84 valence electrons. The summed E-state index contributed by atoms with van der Waals surface area (Å²) in [4.78, 5) is 0. The molecule has 1 heterocycles. The van der Waals surface area contributed by atoms with E-state index in [1.54, 1.807) is 18.2 Å². The molecule has 0 saturated heterocycles. The first kappa shape index (κ1) is 11.5. The average molecular weight is 347 g/mol. The van der Waals surface area contributed by atoms with Gasteiger partial charge in [0, 0.05) is 11.8 Å². The van der Waals surface area contributed by atoms with Gasteiger partial charge in [0.15, 0.2) is 4.67 Å². The van der Waals surface area contributed by atoms with Crippen LogP contribution in [0.25, 0.3) is 0 Å². The van der Waals surface area contributed by atoms with E-state index in [0.717, 1.165) is 15.9 Å². The van der Waals surface area contributed by atoms with Crippen molar-refractivity contribution in [2.24, 2.45) is 0 Å². The fourth-order valence-electron chi connectivity index (χ4n) is 1.28. The molecule has 0 unspecified atom stereocenters. The number of phenolic OH excluding ortho intramolecular Hbond substituents is 1. The van der Waals surface area contributed by atoms with E-state index in [0.29, 0.717) is 11.2 Å². The van der Waals surface area contributed by atoms with Crippen LogP contribution in [0.4, 0.5) is 5.69 Å². The van der Waals surface area contributed by atoms with Gasteiger partial charge in [0.25, 0.3) is 0 Å². The van der Waals surface area contributed by atoms with Crippen LogP contribution in [0.2, 0.25) is 0 Å². The zero-order valence-corrected chi connectivity index (χ0v) is 11.4. The lowest BCUT2D eigenvalue weighted by Crippen LogP contribution is -1.97. The molecule has 0 aliphatic carbocycles. The Morgan fingerprint density at radius 2 is 2.06 bits per heavy atom. The number of halogens is 2. The summed E-state index contributed by atoms with van der Waals surface area (Å²) in [5, 5.41) is 12.4. The summed E-state index contributed by atoms with van der Waals surface area (Å²) in [6.07, 6.45) is 0. The molecule has 5 heteroatoms. The van der Waals surface area contributed by atoms with Crippen LogP contribution in [0.15, 0.2) is 43.9 Å². The standard InChI is InChI=1S/C11H9Br2NO2/c12-10-5-9(16-11(10)13)6-14-7-2-1-3-8(15)4-7/h1-5,14-15H,6H2. The Labute approximate surface area is 110 Å². The molecule has 0 amide bonds. The Morgan fingerprint density at radius 3 is 2.69 bits per heavy atom. The minimum atomic E-state index is 0.242. The number of hydrogen-bond acceptors (Lipinski definition) is 3. The van der Waals surface area contributed by atoms with Crippen LogP contribution < -0.4 is 5.32 Å². The zero-order valence-electron chi connectivity index (χ0n) is 8.21. The van der Waals surface area contributed by atoms with Crippen LogP contribution in [-0.2, 0) is 6.54 Å². The third-order valence-corrected chi connectivity index (χ3v) is 3.72. The van der Waals surface area contributed by atoms with E-state index in [-0.39, 0.29) is 5.75 Å². The lowest BCUT2D eigenvalue weighted by Gasteiger charge is -2.04. The zero-order chi connectivity index (χ0) is 11.5. The lowest BCUT2D eigenvalue weighted by atomic mass is 10.3. The molecule has 2 N–H and O–H groups in total. The second-order valence-electron chi connectivity index (χ2n) is 3.24. The third-order valence-electron chi connectivity index (χ3n) is 2.01. The first-order chi connectivity index (χ1) is 7.65. The van der Waals surface area contributed by atoms with Gasteiger partial charge in [-0.15, -0.1) is 0 Å². The molecule has 0 atom stereocenters. The number of nitrogens with one attached hydrogen (secondary N) is 1. The molecular formula is C11H9Br2NO2. The van der Waals surface area contributed by atoms with E-state index in [1.165, 1.54) is 0 Å². The van der Waals surface area contributed by atoms with Gasteiger partial charge in [-0.05, 0) is 50.1 Å². The van der Waals surface area contributed by atoms with E-state index in [2.05, 4.69) is 37.2 Å². The topological polar surface area (TPSA) is 45.4 Å². The summed E-state index contributed by atoms with van der Waals surface area (Å²) >= 11 is 6.62. The maximum absolute atomic E-state index is 9.28.